The minimum atomic E-state index is -0.173. The fraction of sp³-hybridized carbons (Fsp3) is 0.143. The first-order valence-electron chi connectivity index (χ1n) is 2.82. The van der Waals surface area contributed by atoms with Crippen LogP contribution in [0.4, 0.5) is 4.39 Å². The van der Waals surface area contributed by atoms with Crippen molar-refractivity contribution in [3.63, 3.8) is 0 Å². The van der Waals surface area contributed by atoms with E-state index >= 15 is 0 Å². The number of benzene rings is 1. The summed E-state index contributed by atoms with van der Waals surface area (Å²) in [4.78, 5) is 0. The van der Waals surface area contributed by atoms with Crippen molar-refractivity contribution in [2.24, 2.45) is 0 Å². The molecular formula is C7H5FISi. The molecule has 0 saturated carbocycles. The van der Waals surface area contributed by atoms with E-state index < -0.39 is 0 Å². The summed E-state index contributed by atoms with van der Waals surface area (Å²) in [6.45, 7) is 0. The highest BCUT2D eigenvalue weighted by atomic mass is 127. The van der Waals surface area contributed by atoms with Crippen molar-refractivity contribution < 1.29 is 4.39 Å². The maximum atomic E-state index is 12.5. The normalized spacial score (nSPS) is 9.90. The van der Waals surface area contributed by atoms with Gasteiger partial charge in [-0.05, 0) is 52.4 Å². The van der Waals surface area contributed by atoms with E-state index in [0.717, 1.165) is 9.13 Å². The fourth-order valence-electron chi connectivity index (χ4n) is 0.679. The van der Waals surface area contributed by atoms with Crippen molar-refractivity contribution in [2.45, 2.75) is 6.04 Å². The van der Waals surface area contributed by atoms with Crippen molar-refractivity contribution in [3.8, 4) is 0 Å². The van der Waals surface area contributed by atoms with Gasteiger partial charge >= 0.3 is 0 Å². The molecule has 0 fully saturated rings. The summed E-state index contributed by atoms with van der Waals surface area (Å²) in [5.74, 6) is -0.173. The Balaban J connectivity index is 3.09. The highest BCUT2D eigenvalue weighted by Crippen LogP contribution is 2.12. The minimum Gasteiger partial charge on any atom is -0.207 e. The van der Waals surface area contributed by atoms with Crippen LogP contribution < -0.4 is 0 Å². The van der Waals surface area contributed by atoms with Gasteiger partial charge in [-0.15, -0.1) is 0 Å². The van der Waals surface area contributed by atoms with Gasteiger partial charge in [0.05, 0.1) is 0 Å². The Bertz CT molecular complexity index is 237. The first kappa shape index (κ1) is 8.20. The summed E-state index contributed by atoms with van der Waals surface area (Å²) in [5, 5.41) is 0. The zero-order valence-electron chi connectivity index (χ0n) is 5.20. The van der Waals surface area contributed by atoms with Gasteiger partial charge in [-0.1, -0.05) is 0 Å². The molecule has 3 radical (unpaired) electrons. The average Bonchev–Trinajstić information content (AvgIpc) is 1.94. The lowest BCUT2D eigenvalue weighted by molar-refractivity contribution is 0.626. The van der Waals surface area contributed by atoms with E-state index in [4.69, 9.17) is 0 Å². The molecule has 1 aromatic rings. The Hall–Kier alpha value is 0.0969. The SMILES string of the molecule is Fc1ccc(I)c(C[Si])c1. The number of hydrogen-bond donors (Lipinski definition) is 0. The van der Waals surface area contributed by atoms with Crippen molar-refractivity contribution >= 4 is 32.8 Å². The molecule has 0 aliphatic carbocycles. The molecule has 3 heteroatoms. The lowest BCUT2D eigenvalue weighted by Crippen LogP contribution is -1.89. The highest BCUT2D eigenvalue weighted by Gasteiger charge is 1.97. The first-order chi connectivity index (χ1) is 4.74. The minimum absolute atomic E-state index is 0.173. The largest absolute Gasteiger partial charge is 0.207 e. The van der Waals surface area contributed by atoms with E-state index in [1.54, 1.807) is 6.07 Å². The summed E-state index contributed by atoms with van der Waals surface area (Å²) in [7, 11) is 3.32. The Kier molecular flexibility index (Phi) is 2.85. The molecule has 0 spiro atoms. The smallest absolute Gasteiger partial charge is 0.123 e. The van der Waals surface area contributed by atoms with Gasteiger partial charge in [0.2, 0.25) is 0 Å². The molecule has 10 heavy (non-hydrogen) atoms. The maximum Gasteiger partial charge on any atom is 0.123 e. The monoisotopic (exact) mass is 263 g/mol. The predicted octanol–water partition coefficient (Wildman–Crippen LogP) is 2.10. The van der Waals surface area contributed by atoms with Crippen LogP contribution in [0.15, 0.2) is 18.2 Å². The Morgan fingerprint density at radius 3 is 2.70 bits per heavy atom. The number of rotatable bonds is 1. The number of hydrogen-bond acceptors (Lipinski definition) is 0. The average molecular weight is 263 g/mol. The van der Waals surface area contributed by atoms with Crippen LogP contribution in [-0.4, -0.2) is 10.2 Å². The quantitative estimate of drug-likeness (QED) is 0.537. The van der Waals surface area contributed by atoms with Crippen LogP contribution in [0.1, 0.15) is 5.56 Å². The molecule has 0 unspecified atom stereocenters. The third kappa shape index (κ3) is 1.79. The van der Waals surface area contributed by atoms with Crippen LogP contribution in [-0.2, 0) is 6.04 Å². The standard InChI is InChI=1S/C7H5FISi/c8-6-1-2-7(9)5(3-6)4-10/h1-3H,4H2. The van der Waals surface area contributed by atoms with Crippen LogP contribution in [0.2, 0.25) is 0 Å². The summed E-state index contributed by atoms with van der Waals surface area (Å²) < 4.78 is 13.6. The van der Waals surface area contributed by atoms with Crippen molar-refractivity contribution in [1.82, 2.24) is 0 Å². The zero-order valence-corrected chi connectivity index (χ0v) is 8.35. The van der Waals surface area contributed by atoms with Gasteiger partial charge in [0.15, 0.2) is 0 Å². The summed E-state index contributed by atoms with van der Waals surface area (Å²) in [6, 6.07) is 5.48. The molecule has 0 amide bonds. The predicted molar refractivity (Wildman–Crippen MR) is 48.6 cm³/mol. The Morgan fingerprint density at radius 2 is 2.20 bits per heavy atom. The summed E-state index contributed by atoms with van der Waals surface area (Å²) in [5.41, 5.74) is 0.997. The molecular weight excluding hydrogens is 258 g/mol. The molecule has 0 aliphatic rings. The topological polar surface area (TPSA) is 0 Å². The summed E-state index contributed by atoms with van der Waals surface area (Å²) >= 11 is 2.18. The molecule has 0 heterocycles. The second-order valence-electron chi connectivity index (χ2n) is 1.91. The van der Waals surface area contributed by atoms with Gasteiger partial charge < -0.3 is 0 Å². The van der Waals surface area contributed by atoms with Gasteiger partial charge in [-0.25, -0.2) is 4.39 Å². The molecule has 1 aromatic carbocycles. The lowest BCUT2D eigenvalue weighted by Gasteiger charge is -1.98. The zero-order chi connectivity index (χ0) is 7.56. The molecule has 0 nitrogen and oxygen atoms in total. The van der Waals surface area contributed by atoms with Crippen molar-refractivity contribution in [3.05, 3.63) is 33.1 Å². The summed E-state index contributed by atoms with van der Waals surface area (Å²) in [6.07, 6.45) is 0. The van der Waals surface area contributed by atoms with E-state index in [1.807, 2.05) is 0 Å². The fourth-order valence-corrected chi connectivity index (χ4v) is 1.86. The van der Waals surface area contributed by atoms with E-state index in [1.165, 1.54) is 12.1 Å². The van der Waals surface area contributed by atoms with Gasteiger partial charge in [-0.3, -0.25) is 0 Å². The molecule has 1 rings (SSSR count). The van der Waals surface area contributed by atoms with E-state index in [-0.39, 0.29) is 5.82 Å². The van der Waals surface area contributed by atoms with Crippen LogP contribution in [0.3, 0.4) is 0 Å². The van der Waals surface area contributed by atoms with Crippen molar-refractivity contribution in [2.75, 3.05) is 0 Å². The highest BCUT2D eigenvalue weighted by molar-refractivity contribution is 14.1. The van der Waals surface area contributed by atoms with Crippen LogP contribution in [0.25, 0.3) is 0 Å². The molecule has 0 aromatic heterocycles. The third-order valence-electron chi connectivity index (χ3n) is 1.20. The van der Waals surface area contributed by atoms with E-state index in [2.05, 4.69) is 32.8 Å². The van der Waals surface area contributed by atoms with Crippen LogP contribution >= 0.6 is 22.6 Å². The molecule has 0 saturated heterocycles. The maximum absolute atomic E-state index is 12.5. The van der Waals surface area contributed by atoms with Crippen molar-refractivity contribution in [1.29, 1.82) is 0 Å². The lowest BCUT2D eigenvalue weighted by atomic mass is 10.2. The second kappa shape index (κ2) is 3.48. The Morgan fingerprint density at radius 1 is 1.50 bits per heavy atom. The van der Waals surface area contributed by atoms with Gasteiger partial charge in [0.1, 0.15) is 5.82 Å². The second-order valence-corrected chi connectivity index (χ2v) is 3.43. The Labute approximate surface area is 76.4 Å². The number of halogens is 2. The molecule has 0 atom stereocenters. The first-order valence-corrected chi connectivity index (χ1v) is 4.61. The molecule has 0 aliphatic heterocycles. The van der Waals surface area contributed by atoms with E-state index in [9.17, 15) is 4.39 Å². The van der Waals surface area contributed by atoms with Gasteiger partial charge in [-0.2, -0.15) is 0 Å². The third-order valence-corrected chi connectivity index (χ3v) is 2.63. The van der Waals surface area contributed by atoms with E-state index in [0.29, 0.717) is 6.04 Å². The van der Waals surface area contributed by atoms with Crippen LogP contribution in [0.5, 0.6) is 0 Å². The molecule has 51 valence electrons. The molecule has 0 bridgehead atoms. The van der Waals surface area contributed by atoms with Crippen LogP contribution in [0, 0.1) is 9.39 Å². The van der Waals surface area contributed by atoms with Gasteiger partial charge in [0.25, 0.3) is 0 Å². The molecule has 0 N–H and O–H groups in total. The van der Waals surface area contributed by atoms with Gasteiger partial charge in [0, 0.05) is 13.8 Å².